The quantitative estimate of drug-likeness (QED) is 0.515. The van der Waals surface area contributed by atoms with E-state index in [4.69, 9.17) is 4.52 Å². The van der Waals surface area contributed by atoms with E-state index in [1.54, 1.807) is 0 Å². The first-order valence-electron chi connectivity index (χ1n) is 8.78. The highest BCUT2D eigenvalue weighted by atomic mass is 32.2. The van der Waals surface area contributed by atoms with Gasteiger partial charge in [0.05, 0.1) is 6.61 Å². The first-order chi connectivity index (χ1) is 12.3. The van der Waals surface area contributed by atoms with Gasteiger partial charge in [0.1, 0.15) is 10.8 Å². The average molecular weight is 393 g/mol. The fourth-order valence-corrected chi connectivity index (χ4v) is 3.76. The predicted octanol–water partition coefficient (Wildman–Crippen LogP) is 4.84. The molecule has 0 aromatic heterocycles. The number of benzene rings is 2. The van der Waals surface area contributed by atoms with Gasteiger partial charge in [-0.2, -0.15) is 0 Å². The molecule has 2 aromatic rings. The summed E-state index contributed by atoms with van der Waals surface area (Å²) < 4.78 is 32.6. The topological polar surface area (TPSA) is 61.4 Å². The maximum atomic E-state index is 12.7. The zero-order chi connectivity index (χ0) is 19.2. The summed E-state index contributed by atoms with van der Waals surface area (Å²) in [7, 11) is -1.96. The van der Waals surface area contributed by atoms with Crippen LogP contribution in [0, 0.1) is 0 Å². The highest BCUT2D eigenvalue weighted by Crippen LogP contribution is 2.28. The van der Waals surface area contributed by atoms with Crippen molar-refractivity contribution in [1.82, 2.24) is 4.72 Å². The van der Waals surface area contributed by atoms with Gasteiger partial charge in [0.2, 0.25) is 0 Å². The number of nitrogens with one attached hydrogen (secondary N) is 1. The van der Waals surface area contributed by atoms with Gasteiger partial charge in [-0.1, -0.05) is 61.5 Å². The minimum absolute atomic E-state index is 0.195. The molecule has 3 atom stereocenters. The molecule has 0 aliphatic heterocycles. The summed E-state index contributed by atoms with van der Waals surface area (Å²) in [4.78, 5) is 0. The van der Waals surface area contributed by atoms with E-state index in [0.717, 1.165) is 16.7 Å². The molecule has 0 aliphatic rings. The van der Waals surface area contributed by atoms with E-state index in [2.05, 4.69) is 4.72 Å². The Morgan fingerprint density at radius 1 is 1.12 bits per heavy atom. The van der Waals surface area contributed by atoms with E-state index in [1.807, 2.05) is 82.3 Å². The lowest BCUT2D eigenvalue weighted by molar-refractivity contribution is 0.319. The summed E-state index contributed by atoms with van der Waals surface area (Å²) in [6, 6.07) is 17.7. The van der Waals surface area contributed by atoms with Gasteiger partial charge in [-0.05, 0) is 37.5 Å². The van der Waals surface area contributed by atoms with E-state index in [9.17, 15) is 9.12 Å². The van der Waals surface area contributed by atoms with Crippen LogP contribution in [0.25, 0.3) is 0 Å². The summed E-state index contributed by atoms with van der Waals surface area (Å²) in [5.74, 6) is 0. The van der Waals surface area contributed by atoms with Crippen molar-refractivity contribution in [2.75, 3.05) is 6.16 Å². The Labute approximate surface area is 160 Å². The Bertz CT molecular complexity index is 718. The standard InChI is InChI=1S/C20H28NO3PS/c1-5-25(22)24-15-16-10-9-13-18(14-16)19(17-11-7-6-8-12-17)21-26(23)20(2,3)4/h6-14,19,21,25H,5,15H2,1-4H3/t19-,26-/m1/s1. The molecule has 0 spiro atoms. The maximum Gasteiger partial charge on any atom is 0.191 e. The highest BCUT2D eigenvalue weighted by molar-refractivity contribution is 7.90. The fourth-order valence-electron chi connectivity index (χ4n) is 2.39. The highest BCUT2D eigenvalue weighted by Gasteiger charge is 2.30. The van der Waals surface area contributed by atoms with Crippen LogP contribution >= 0.6 is 8.03 Å². The van der Waals surface area contributed by atoms with Crippen molar-refractivity contribution in [3.8, 4) is 0 Å². The molecule has 26 heavy (non-hydrogen) atoms. The van der Waals surface area contributed by atoms with Gasteiger partial charge >= 0.3 is 0 Å². The van der Waals surface area contributed by atoms with Gasteiger partial charge in [0.15, 0.2) is 8.03 Å². The van der Waals surface area contributed by atoms with Crippen LogP contribution in [0.3, 0.4) is 0 Å². The van der Waals surface area contributed by atoms with Crippen LogP contribution < -0.4 is 4.72 Å². The second-order valence-electron chi connectivity index (χ2n) is 7.10. The van der Waals surface area contributed by atoms with Gasteiger partial charge in [0.25, 0.3) is 0 Å². The van der Waals surface area contributed by atoms with Crippen molar-refractivity contribution in [1.29, 1.82) is 0 Å². The van der Waals surface area contributed by atoms with E-state index < -0.39 is 19.4 Å². The van der Waals surface area contributed by atoms with Gasteiger partial charge in [-0.3, -0.25) is 4.57 Å². The molecule has 0 saturated carbocycles. The molecule has 1 unspecified atom stereocenters. The second kappa shape index (κ2) is 9.72. The monoisotopic (exact) mass is 393 g/mol. The molecule has 0 amide bonds. The van der Waals surface area contributed by atoms with Gasteiger partial charge < -0.3 is 9.08 Å². The molecule has 0 aliphatic carbocycles. The lowest BCUT2D eigenvalue weighted by atomic mass is 9.98. The molecule has 2 rings (SSSR count). The number of hydrogen-bond acceptors (Lipinski definition) is 4. The zero-order valence-electron chi connectivity index (χ0n) is 15.8. The lowest BCUT2D eigenvalue weighted by Gasteiger charge is -2.28. The van der Waals surface area contributed by atoms with Crippen LogP contribution in [0.15, 0.2) is 54.6 Å². The molecule has 0 bridgehead atoms. The van der Waals surface area contributed by atoms with E-state index >= 15 is 0 Å². The number of hydrogen-bond donors (Lipinski definition) is 1. The SMILES string of the molecule is CC[PH](=O)OCc1cccc([C@H](N[S@+]([O-])C(C)(C)C)c2ccccc2)c1. The Kier molecular flexibility index (Phi) is 7.93. The van der Waals surface area contributed by atoms with Gasteiger partial charge in [-0.25, -0.2) is 0 Å². The van der Waals surface area contributed by atoms with Crippen LogP contribution in [0.1, 0.15) is 50.4 Å². The third-order valence-corrected chi connectivity index (χ3v) is 6.49. The average Bonchev–Trinajstić information content (AvgIpc) is 2.64. The Morgan fingerprint density at radius 2 is 1.77 bits per heavy atom. The largest absolute Gasteiger partial charge is 0.598 e. The first-order valence-corrected chi connectivity index (χ1v) is 11.5. The van der Waals surface area contributed by atoms with Crippen molar-refractivity contribution in [2.45, 2.75) is 45.1 Å². The molecule has 2 aromatic carbocycles. The predicted molar refractivity (Wildman–Crippen MR) is 110 cm³/mol. The first kappa shape index (κ1) is 21.2. The maximum absolute atomic E-state index is 12.7. The lowest BCUT2D eigenvalue weighted by Crippen LogP contribution is -2.41. The van der Waals surface area contributed by atoms with Crippen LogP contribution in [-0.4, -0.2) is 15.5 Å². The summed E-state index contributed by atoms with van der Waals surface area (Å²) in [6.45, 7) is 8.03. The minimum Gasteiger partial charge on any atom is -0.598 e. The minimum atomic E-state index is -1.96. The van der Waals surface area contributed by atoms with E-state index in [0.29, 0.717) is 12.8 Å². The molecule has 4 nitrogen and oxygen atoms in total. The molecule has 6 heteroatoms. The fraction of sp³-hybridized carbons (Fsp3) is 0.400. The zero-order valence-corrected chi connectivity index (χ0v) is 17.6. The van der Waals surface area contributed by atoms with E-state index in [1.165, 1.54) is 0 Å². The van der Waals surface area contributed by atoms with Crippen LogP contribution in [0.2, 0.25) is 0 Å². The van der Waals surface area contributed by atoms with Crippen molar-refractivity contribution < 1.29 is 13.6 Å². The molecular weight excluding hydrogens is 365 g/mol. The summed E-state index contributed by atoms with van der Waals surface area (Å²) in [5.41, 5.74) is 3.01. The van der Waals surface area contributed by atoms with Crippen molar-refractivity contribution in [2.24, 2.45) is 0 Å². The normalized spacial score (nSPS) is 15.4. The summed E-state index contributed by atoms with van der Waals surface area (Å²) in [6.07, 6.45) is 0.545. The molecule has 0 heterocycles. The third kappa shape index (κ3) is 6.26. The Hall–Kier alpha value is -1.10. The molecule has 0 radical (unpaired) electrons. The van der Waals surface area contributed by atoms with Crippen LogP contribution in [-0.2, 0) is 27.1 Å². The van der Waals surface area contributed by atoms with Gasteiger partial charge in [-0.15, -0.1) is 4.72 Å². The Morgan fingerprint density at radius 3 is 2.38 bits per heavy atom. The molecule has 142 valence electrons. The molecule has 0 fully saturated rings. The van der Waals surface area contributed by atoms with Crippen molar-refractivity contribution >= 4 is 19.4 Å². The summed E-state index contributed by atoms with van der Waals surface area (Å²) in [5, 5.41) is 0. The smallest absolute Gasteiger partial charge is 0.191 e. The van der Waals surface area contributed by atoms with Crippen LogP contribution in [0.5, 0.6) is 0 Å². The number of rotatable bonds is 8. The molecule has 0 saturated heterocycles. The van der Waals surface area contributed by atoms with E-state index in [-0.39, 0.29) is 10.8 Å². The third-order valence-electron chi connectivity index (χ3n) is 3.89. The van der Waals surface area contributed by atoms with Gasteiger partial charge in [0, 0.05) is 17.5 Å². The second-order valence-corrected chi connectivity index (χ2v) is 10.8. The molecule has 1 N–H and O–H groups in total. The Balaban J connectivity index is 2.29. The van der Waals surface area contributed by atoms with Crippen molar-refractivity contribution in [3.63, 3.8) is 0 Å². The molecular formula is C20H28NO3PS. The summed E-state index contributed by atoms with van der Waals surface area (Å²) >= 11 is -1.21. The van der Waals surface area contributed by atoms with Crippen molar-refractivity contribution in [3.05, 3.63) is 71.3 Å². The van der Waals surface area contributed by atoms with Crippen LogP contribution in [0.4, 0.5) is 0 Å².